The van der Waals surface area contributed by atoms with Crippen LogP contribution in [-0.2, 0) is 0 Å². The van der Waals surface area contributed by atoms with Crippen LogP contribution in [0.2, 0.25) is 0 Å². The monoisotopic (exact) mass is 430 g/mol. The van der Waals surface area contributed by atoms with Gasteiger partial charge in [-0.2, -0.15) is 9.98 Å². The largest absolute Gasteiger partial charge is 0.383 e. The SMILES string of the molecule is CC1=CN=C(/C=C(\C(=N)c2ccccc2)[C@H](C)Nc2ncnc(N)c2-c2nc(C)no2)[NH2+]1. The van der Waals surface area contributed by atoms with Gasteiger partial charge in [0.1, 0.15) is 29.2 Å². The van der Waals surface area contributed by atoms with Crippen LogP contribution in [0.15, 0.2) is 69.7 Å². The molecule has 0 aliphatic carbocycles. The molecule has 0 amide bonds. The lowest BCUT2D eigenvalue weighted by atomic mass is 9.96. The van der Waals surface area contributed by atoms with E-state index in [1.165, 1.54) is 6.33 Å². The Morgan fingerprint density at radius 1 is 1.22 bits per heavy atom. The topological polar surface area (TPSA) is 156 Å². The summed E-state index contributed by atoms with van der Waals surface area (Å²) in [7, 11) is 0. The Hall–Kier alpha value is -4.18. The minimum atomic E-state index is -0.322. The highest BCUT2D eigenvalue weighted by Crippen LogP contribution is 2.30. The van der Waals surface area contributed by atoms with E-state index in [0.29, 0.717) is 22.9 Å². The lowest BCUT2D eigenvalue weighted by molar-refractivity contribution is -0.477. The van der Waals surface area contributed by atoms with Crippen LogP contribution in [0.4, 0.5) is 11.6 Å². The van der Waals surface area contributed by atoms with Crippen LogP contribution >= 0.6 is 0 Å². The van der Waals surface area contributed by atoms with E-state index < -0.39 is 0 Å². The zero-order valence-electron chi connectivity index (χ0n) is 18.0. The van der Waals surface area contributed by atoms with Gasteiger partial charge < -0.3 is 15.6 Å². The Balaban J connectivity index is 1.70. The molecule has 0 saturated heterocycles. The van der Waals surface area contributed by atoms with Gasteiger partial charge in [0.15, 0.2) is 5.82 Å². The quantitative estimate of drug-likeness (QED) is 0.418. The molecule has 0 bridgehead atoms. The van der Waals surface area contributed by atoms with Crippen molar-refractivity contribution in [3.8, 4) is 11.5 Å². The number of allylic oxidation sites excluding steroid dienone is 1. The van der Waals surface area contributed by atoms with Crippen molar-refractivity contribution in [2.45, 2.75) is 26.8 Å². The second-order valence-corrected chi connectivity index (χ2v) is 7.41. The molecule has 6 N–H and O–H groups in total. The number of rotatable bonds is 7. The van der Waals surface area contributed by atoms with Gasteiger partial charge >= 0.3 is 0 Å². The summed E-state index contributed by atoms with van der Waals surface area (Å²) in [5.41, 5.74) is 9.50. The highest BCUT2D eigenvalue weighted by molar-refractivity contribution is 6.14. The van der Waals surface area contributed by atoms with Crippen molar-refractivity contribution in [1.29, 1.82) is 5.41 Å². The summed E-state index contributed by atoms with van der Waals surface area (Å²) in [5.74, 6) is 2.14. The van der Waals surface area contributed by atoms with E-state index in [9.17, 15) is 0 Å². The lowest BCUT2D eigenvalue weighted by Crippen LogP contribution is -2.83. The molecule has 0 spiro atoms. The van der Waals surface area contributed by atoms with Crippen LogP contribution < -0.4 is 16.4 Å². The molecule has 3 aromatic rings. The summed E-state index contributed by atoms with van der Waals surface area (Å²) < 4.78 is 5.30. The molecule has 1 atom stereocenters. The van der Waals surface area contributed by atoms with Gasteiger partial charge in [0.2, 0.25) is 5.84 Å². The van der Waals surface area contributed by atoms with Gasteiger partial charge in [0.05, 0.1) is 18.0 Å². The molecule has 3 heterocycles. The van der Waals surface area contributed by atoms with Crippen LogP contribution in [0.3, 0.4) is 0 Å². The van der Waals surface area contributed by atoms with Gasteiger partial charge in [-0.1, -0.05) is 35.5 Å². The minimum Gasteiger partial charge on any atom is -0.383 e. The summed E-state index contributed by atoms with van der Waals surface area (Å²) >= 11 is 0. The summed E-state index contributed by atoms with van der Waals surface area (Å²) in [4.78, 5) is 17.1. The average Bonchev–Trinajstić information content (AvgIpc) is 3.40. The van der Waals surface area contributed by atoms with Crippen LogP contribution in [0.25, 0.3) is 11.5 Å². The number of nitrogens with one attached hydrogen (secondary N) is 2. The molecule has 32 heavy (non-hydrogen) atoms. The predicted octanol–water partition coefficient (Wildman–Crippen LogP) is 2.05. The highest BCUT2D eigenvalue weighted by Gasteiger charge is 2.23. The molecular formula is C22H24N9O+. The Morgan fingerprint density at radius 2 is 2.00 bits per heavy atom. The van der Waals surface area contributed by atoms with Crippen molar-refractivity contribution >= 4 is 23.2 Å². The van der Waals surface area contributed by atoms with Gasteiger partial charge in [0, 0.05) is 18.6 Å². The Labute approximate surface area is 184 Å². The Bertz CT molecular complexity index is 1240. The molecule has 10 nitrogen and oxygen atoms in total. The van der Waals surface area contributed by atoms with E-state index in [0.717, 1.165) is 22.7 Å². The van der Waals surface area contributed by atoms with E-state index >= 15 is 0 Å². The number of nitrogens with two attached hydrogens (primary N) is 2. The number of hydrogen-bond donors (Lipinski definition) is 4. The van der Waals surface area contributed by atoms with Crippen LogP contribution in [0.5, 0.6) is 0 Å². The molecule has 0 saturated carbocycles. The molecule has 1 aliphatic rings. The number of aromatic nitrogens is 4. The van der Waals surface area contributed by atoms with Crippen LogP contribution in [0.1, 0.15) is 25.2 Å². The van der Waals surface area contributed by atoms with E-state index in [2.05, 4.69) is 30.4 Å². The maximum Gasteiger partial charge on any atom is 0.265 e. The number of aryl methyl sites for hydroxylation is 1. The first-order chi connectivity index (χ1) is 15.4. The van der Waals surface area contributed by atoms with Gasteiger partial charge in [-0.3, -0.25) is 10.7 Å². The molecule has 162 valence electrons. The van der Waals surface area contributed by atoms with Gasteiger partial charge in [-0.25, -0.2) is 9.97 Å². The number of amidine groups is 1. The zero-order valence-corrected chi connectivity index (χ0v) is 18.0. The number of quaternary nitrogens is 1. The summed E-state index contributed by atoms with van der Waals surface area (Å²) in [6, 6.07) is 9.23. The fourth-order valence-electron chi connectivity index (χ4n) is 3.31. The van der Waals surface area contributed by atoms with E-state index in [4.69, 9.17) is 15.7 Å². The van der Waals surface area contributed by atoms with E-state index in [1.807, 2.05) is 55.6 Å². The number of anilines is 2. The summed E-state index contributed by atoms with van der Waals surface area (Å²) in [5, 5.41) is 18.0. The van der Waals surface area contributed by atoms with Gasteiger partial charge in [0.25, 0.3) is 5.89 Å². The first kappa shape index (κ1) is 21.1. The van der Waals surface area contributed by atoms with Gasteiger partial charge in [-0.05, 0) is 19.4 Å². The molecule has 1 aromatic carbocycles. The third kappa shape index (κ3) is 4.44. The highest BCUT2D eigenvalue weighted by atomic mass is 16.5. The third-order valence-corrected chi connectivity index (χ3v) is 4.89. The minimum absolute atomic E-state index is 0.218. The third-order valence-electron chi connectivity index (χ3n) is 4.89. The second kappa shape index (κ2) is 8.90. The lowest BCUT2D eigenvalue weighted by Gasteiger charge is -2.20. The number of nitrogen functional groups attached to an aromatic ring is 1. The van der Waals surface area contributed by atoms with Crippen LogP contribution in [0, 0.1) is 12.3 Å². The predicted molar refractivity (Wildman–Crippen MR) is 122 cm³/mol. The maximum absolute atomic E-state index is 8.87. The molecule has 4 rings (SSSR count). The zero-order chi connectivity index (χ0) is 22.7. The first-order valence-corrected chi connectivity index (χ1v) is 10.1. The Morgan fingerprint density at radius 3 is 2.66 bits per heavy atom. The molecular weight excluding hydrogens is 406 g/mol. The van der Waals surface area contributed by atoms with E-state index in [1.54, 1.807) is 13.1 Å². The number of hydrogen-bond acceptors (Lipinski definition) is 9. The number of aliphatic imine (C=N–C) groups is 1. The smallest absolute Gasteiger partial charge is 0.265 e. The van der Waals surface area contributed by atoms with Crippen molar-refractivity contribution in [3.63, 3.8) is 0 Å². The van der Waals surface area contributed by atoms with E-state index in [-0.39, 0.29) is 17.8 Å². The fourth-order valence-corrected chi connectivity index (χ4v) is 3.31. The summed E-state index contributed by atoms with van der Waals surface area (Å²) in [6.45, 7) is 5.65. The second-order valence-electron chi connectivity index (χ2n) is 7.41. The standard InChI is InChI=1S/C22H23N9O/c1-12-10-25-17(28-12)9-16(19(23)15-7-5-4-6-8-15)13(2)29-21-18(20(24)26-11-27-21)22-30-14(3)31-32-22/h4-11,13,23H,1-3H3,(H,25,28)(H3,24,26,27,29)/p+1/b16-9-,23-19?/t13-/m0/s1. The summed E-state index contributed by atoms with van der Waals surface area (Å²) in [6.07, 6.45) is 5.07. The Kier molecular flexibility index (Phi) is 5.86. The average molecular weight is 430 g/mol. The van der Waals surface area contributed by atoms with Crippen LogP contribution in [-0.4, -0.2) is 37.7 Å². The van der Waals surface area contributed by atoms with Crippen molar-refractivity contribution in [1.82, 2.24) is 20.1 Å². The molecule has 0 unspecified atom stereocenters. The number of nitrogens with zero attached hydrogens (tertiary/aromatic N) is 5. The first-order valence-electron chi connectivity index (χ1n) is 10.1. The maximum atomic E-state index is 8.87. The van der Waals surface area contributed by atoms with Crippen molar-refractivity contribution in [2.75, 3.05) is 11.1 Å². The van der Waals surface area contributed by atoms with Crippen molar-refractivity contribution < 1.29 is 9.84 Å². The molecule has 0 radical (unpaired) electrons. The van der Waals surface area contributed by atoms with Crippen molar-refractivity contribution in [2.24, 2.45) is 4.99 Å². The molecule has 10 heteroatoms. The fraction of sp³-hybridized carbons (Fsp3) is 0.182. The number of benzene rings is 1. The normalized spacial score (nSPS) is 14.7. The van der Waals surface area contributed by atoms with Crippen molar-refractivity contribution in [3.05, 3.63) is 71.6 Å². The molecule has 1 aliphatic heterocycles. The van der Waals surface area contributed by atoms with Gasteiger partial charge in [-0.15, -0.1) is 0 Å². The molecule has 2 aromatic heterocycles. The molecule has 0 fully saturated rings.